The Morgan fingerprint density at radius 1 is 0.443 bits per heavy atom. The maximum atomic E-state index is 12.6. The zero-order chi connectivity index (χ0) is 44.8. The normalized spacial score (nSPS) is 11.9. The van der Waals surface area contributed by atoms with E-state index in [0.717, 1.165) is 15.6 Å². The number of hydrogen-bond acceptors (Lipinski definition) is 15. The molecule has 0 spiro atoms. The van der Waals surface area contributed by atoms with Crippen LogP contribution < -0.4 is 15.6 Å². The fraction of sp³-hybridized carbons (Fsp3) is 0.302. The van der Waals surface area contributed by atoms with Gasteiger partial charge >= 0.3 is 36.4 Å². The standard InChI is InChI=1S/C43H52O15Si3/c1-8-21-43(25-50-40(47)56-53-37(44)31-9-15-34(16-10-31)59-22-28(2)3,26-51-41(48)57-54-38(45)32-11-17-35(18-12-32)60-23-29(4)5)27-52-42(49)58-55-39(46)33-13-19-36(20-14-33)61-24-30(6)7/h9-20,22-24H,8,21,25-27,59-61H2,1-7H3. The van der Waals surface area contributed by atoms with Crippen LogP contribution in [0, 0.1) is 5.41 Å². The molecule has 0 atom stereocenters. The van der Waals surface area contributed by atoms with Crippen LogP contribution in [0.15, 0.2) is 107 Å². The van der Waals surface area contributed by atoms with Crippen LogP contribution >= 0.6 is 0 Å². The third kappa shape index (κ3) is 18.7. The Bertz CT molecular complexity index is 1820. The molecule has 0 saturated carbocycles. The number of carbonyl (C=O) groups is 6. The van der Waals surface area contributed by atoms with Gasteiger partial charge in [0, 0.05) is 0 Å². The van der Waals surface area contributed by atoms with Crippen LogP contribution in [-0.2, 0) is 43.5 Å². The average molecular weight is 893 g/mol. The van der Waals surface area contributed by atoms with Crippen molar-refractivity contribution in [2.24, 2.45) is 5.41 Å². The molecular weight excluding hydrogens is 841 g/mol. The van der Waals surface area contributed by atoms with Crippen LogP contribution in [0.3, 0.4) is 0 Å². The minimum Gasteiger partial charge on any atom is -0.431 e. The number of carbonyl (C=O) groups excluding carboxylic acids is 6. The predicted octanol–water partition coefficient (Wildman–Crippen LogP) is 4.70. The molecule has 0 aliphatic carbocycles. The number of benzene rings is 3. The van der Waals surface area contributed by atoms with Crippen molar-refractivity contribution in [2.75, 3.05) is 19.8 Å². The van der Waals surface area contributed by atoms with Crippen LogP contribution in [-0.4, -0.2) is 84.8 Å². The number of hydrogen-bond donors (Lipinski definition) is 0. The SMILES string of the molecule is CCCC(COC(=O)OOC(=O)c1ccc([SiH2]C=C(C)C)cc1)(COC(=O)OOC(=O)c1ccc([SiH2]C=C(C)C)cc1)COC(=O)OOC(=O)c1ccc([SiH2]C=C(C)C)cc1. The summed E-state index contributed by atoms with van der Waals surface area (Å²) in [6.07, 6.45) is -3.90. The minimum atomic E-state index is -1.51. The van der Waals surface area contributed by atoms with Gasteiger partial charge in [-0.3, -0.25) is 0 Å². The summed E-state index contributed by atoms with van der Waals surface area (Å²) in [6, 6.07) is 20.0. The molecule has 0 unspecified atom stereocenters. The van der Waals surface area contributed by atoms with E-state index >= 15 is 0 Å². The molecule has 0 aliphatic heterocycles. The third-order valence-corrected chi connectivity index (χ3v) is 14.5. The topological polar surface area (TPSA) is 185 Å². The van der Waals surface area contributed by atoms with Gasteiger partial charge < -0.3 is 14.2 Å². The maximum absolute atomic E-state index is 12.6. The van der Waals surface area contributed by atoms with E-state index in [1.165, 1.54) is 16.7 Å². The summed E-state index contributed by atoms with van der Waals surface area (Å²) in [6.45, 7) is 11.9. The molecule has 0 amide bonds. The lowest BCUT2D eigenvalue weighted by atomic mass is 9.86. The highest BCUT2D eigenvalue weighted by atomic mass is 28.2. The molecule has 0 bridgehead atoms. The van der Waals surface area contributed by atoms with Crippen LogP contribution in [0.25, 0.3) is 0 Å². The van der Waals surface area contributed by atoms with E-state index in [4.69, 9.17) is 14.2 Å². The van der Waals surface area contributed by atoms with Gasteiger partial charge in [-0.15, -0.1) is 0 Å². The highest BCUT2D eigenvalue weighted by Gasteiger charge is 2.37. The third-order valence-electron chi connectivity index (χ3n) is 8.63. The fourth-order valence-electron chi connectivity index (χ4n) is 5.24. The fourth-order valence-corrected chi connectivity index (χ4v) is 8.69. The Balaban J connectivity index is 1.63. The van der Waals surface area contributed by atoms with E-state index in [9.17, 15) is 28.8 Å². The number of ether oxygens (including phenoxy) is 3. The molecule has 3 aromatic carbocycles. The Hall–Kier alpha value is -6.25. The lowest BCUT2D eigenvalue weighted by Crippen LogP contribution is -2.40. The lowest BCUT2D eigenvalue weighted by Gasteiger charge is -2.30. The van der Waals surface area contributed by atoms with Gasteiger partial charge in [-0.1, -0.05) is 99.1 Å². The van der Waals surface area contributed by atoms with Crippen molar-refractivity contribution in [3.05, 3.63) is 123 Å². The predicted molar refractivity (Wildman–Crippen MR) is 233 cm³/mol. The zero-order valence-electron chi connectivity index (χ0n) is 35.4. The second-order valence-electron chi connectivity index (χ2n) is 14.8. The first-order valence-electron chi connectivity index (χ1n) is 19.4. The van der Waals surface area contributed by atoms with Crippen molar-refractivity contribution in [1.29, 1.82) is 0 Å². The van der Waals surface area contributed by atoms with Gasteiger partial charge in [0.25, 0.3) is 0 Å². The largest absolute Gasteiger partial charge is 0.549 e. The van der Waals surface area contributed by atoms with Gasteiger partial charge in [0.15, 0.2) is 0 Å². The zero-order valence-corrected chi connectivity index (χ0v) is 39.7. The summed E-state index contributed by atoms with van der Waals surface area (Å²) in [7, 11) is -1.97. The Morgan fingerprint density at radius 2 is 0.705 bits per heavy atom. The summed E-state index contributed by atoms with van der Waals surface area (Å²) < 4.78 is 15.6. The Kier molecular flexibility index (Phi) is 20.4. The van der Waals surface area contributed by atoms with E-state index in [-0.39, 0.29) is 23.1 Å². The van der Waals surface area contributed by atoms with Gasteiger partial charge in [-0.05, 0) is 84.4 Å². The Morgan fingerprint density at radius 3 is 0.934 bits per heavy atom. The van der Waals surface area contributed by atoms with Gasteiger partial charge in [0.2, 0.25) is 0 Å². The summed E-state index contributed by atoms with van der Waals surface area (Å²) in [5, 5.41) is 3.26. The van der Waals surface area contributed by atoms with Gasteiger partial charge in [-0.2, -0.15) is 14.4 Å². The Labute approximate surface area is 361 Å². The molecule has 0 heterocycles. The first kappa shape index (κ1) is 49.1. The first-order chi connectivity index (χ1) is 29.1. The highest BCUT2D eigenvalue weighted by Crippen LogP contribution is 2.27. The monoisotopic (exact) mass is 892 g/mol. The number of rotatable bonds is 17. The summed E-state index contributed by atoms with van der Waals surface area (Å²) in [5.41, 5.74) is 8.97. The van der Waals surface area contributed by atoms with E-state index in [0.29, 0.717) is 6.42 Å². The van der Waals surface area contributed by atoms with Crippen molar-refractivity contribution in [3.8, 4) is 0 Å². The summed E-state index contributed by atoms with van der Waals surface area (Å²) >= 11 is 0. The van der Waals surface area contributed by atoms with Crippen molar-refractivity contribution in [1.82, 2.24) is 0 Å². The molecular formula is C43H52O15Si3. The second-order valence-corrected chi connectivity index (χ2v) is 19.7. The minimum absolute atomic E-state index is 0.0768. The van der Waals surface area contributed by atoms with Gasteiger partial charge in [-0.25, -0.2) is 43.7 Å². The molecule has 0 aliphatic rings. The van der Waals surface area contributed by atoms with Crippen molar-refractivity contribution in [3.63, 3.8) is 0 Å². The van der Waals surface area contributed by atoms with Gasteiger partial charge in [0.05, 0.1) is 50.7 Å². The van der Waals surface area contributed by atoms with E-state index in [1.54, 1.807) is 79.7 Å². The van der Waals surface area contributed by atoms with Crippen molar-refractivity contribution in [2.45, 2.75) is 61.3 Å². The molecule has 15 nitrogen and oxygen atoms in total. The maximum Gasteiger partial charge on any atom is 0.549 e. The quantitative estimate of drug-likeness (QED) is 0.0597. The van der Waals surface area contributed by atoms with Crippen molar-refractivity contribution < 1.29 is 72.3 Å². The highest BCUT2D eigenvalue weighted by molar-refractivity contribution is 6.59. The summed E-state index contributed by atoms with van der Waals surface area (Å²) in [4.78, 5) is 103. The van der Waals surface area contributed by atoms with Crippen LogP contribution in [0.1, 0.15) is 92.4 Å². The van der Waals surface area contributed by atoms with E-state index in [2.05, 4.69) is 46.4 Å². The first-order valence-corrected chi connectivity index (χ1v) is 24.0. The lowest BCUT2D eigenvalue weighted by molar-refractivity contribution is -0.217. The molecule has 0 saturated heterocycles. The van der Waals surface area contributed by atoms with Crippen LogP contribution in [0.5, 0.6) is 0 Å². The molecule has 0 fully saturated rings. The average Bonchev–Trinajstić information content (AvgIpc) is 3.25. The van der Waals surface area contributed by atoms with Crippen molar-refractivity contribution >= 4 is 80.5 Å². The summed E-state index contributed by atoms with van der Waals surface area (Å²) in [5.74, 6) is -2.88. The molecule has 0 radical (unpaired) electrons. The smallest absolute Gasteiger partial charge is 0.431 e. The second kappa shape index (κ2) is 25.4. The van der Waals surface area contributed by atoms with E-state index < -0.39 is 90.2 Å². The van der Waals surface area contributed by atoms with Gasteiger partial charge in [0.1, 0.15) is 19.8 Å². The van der Waals surface area contributed by atoms with E-state index in [1.807, 2.05) is 41.5 Å². The number of allylic oxidation sites excluding steroid dienone is 3. The molecule has 0 N–H and O–H groups in total. The molecule has 0 aromatic heterocycles. The van der Waals surface area contributed by atoms with Crippen LogP contribution in [0.4, 0.5) is 14.4 Å². The molecule has 61 heavy (non-hydrogen) atoms. The van der Waals surface area contributed by atoms with Crippen LogP contribution in [0.2, 0.25) is 0 Å². The molecule has 18 heteroatoms. The molecule has 3 rings (SSSR count). The molecule has 3 aromatic rings. The molecule has 326 valence electrons.